The van der Waals surface area contributed by atoms with E-state index >= 15 is 0 Å². The highest BCUT2D eigenvalue weighted by atomic mass is 19.1. The van der Waals surface area contributed by atoms with Crippen LogP contribution < -0.4 is 0 Å². The minimum atomic E-state index is -0.627. The smallest absolute Gasteiger partial charge is 0.254 e. The fourth-order valence-electron chi connectivity index (χ4n) is 1.70. The van der Waals surface area contributed by atoms with Crippen LogP contribution in [0.15, 0.2) is 18.2 Å². The molecule has 0 aliphatic rings. The lowest BCUT2D eigenvalue weighted by atomic mass is 10.1. The molecular weight excluding hydrogens is 277 g/mol. The SMILES string of the molecule is COCCN(CCO)C(=O)c1ccc(C#CCO)c(F)c1. The van der Waals surface area contributed by atoms with Gasteiger partial charge in [0.15, 0.2) is 0 Å². The quantitative estimate of drug-likeness (QED) is 0.738. The van der Waals surface area contributed by atoms with Gasteiger partial charge in [0.2, 0.25) is 0 Å². The summed E-state index contributed by atoms with van der Waals surface area (Å²) in [5.41, 5.74) is 0.290. The molecule has 0 aliphatic carbocycles. The Bertz CT molecular complexity index is 536. The van der Waals surface area contributed by atoms with Crippen LogP contribution in [0, 0.1) is 17.7 Å². The Kier molecular flexibility index (Phi) is 7.40. The summed E-state index contributed by atoms with van der Waals surface area (Å²) in [4.78, 5) is 13.6. The van der Waals surface area contributed by atoms with E-state index < -0.39 is 5.82 Å². The van der Waals surface area contributed by atoms with E-state index in [0.29, 0.717) is 13.2 Å². The summed E-state index contributed by atoms with van der Waals surface area (Å²) in [7, 11) is 1.51. The molecule has 1 rings (SSSR count). The third-order valence-electron chi connectivity index (χ3n) is 2.74. The minimum Gasteiger partial charge on any atom is -0.395 e. The monoisotopic (exact) mass is 295 g/mol. The molecule has 1 aromatic carbocycles. The van der Waals surface area contributed by atoms with E-state index in [1.54, 1.807) is 0 Å². The van der Waals surface area contributed by atoms with Crippen molar-refractivity contribution in [3.05, 3.63) is 35.1 Å². The Morgan fingerprint density at radius 3 is 2.71 bits per heavy atom. The molecule has 2 N–H and O–H groups in total. The van der Waals surface area contributed by atoms with Gasteiger partial charge in [-0.15, -0.1) is 0 Å². The second kappa shape index (κ2) is 9.08. The van der Waals surface area contributed by atoms with Crippen molar-refractivity contribution in [3.63, 3.8) is 0 Å². The van der Waals surface area contributed by atoms with Crippen LogP contribution in [-0.4, -0.2) is 61.0 Å². The number of carbonyl (C=O) groups is 1. The molecule has 1 amide bonds. The largest absolute Gasteiger partial charge is 0.395 e. The molecule has 0 aromatic heterocycles. The standard InChI is InChI=1S/C15H18FNO4/c1-21-10-7-17(6-9-19)15(20)13-5-4-12(3-2-8-18)14(16)11-13/h4-5,11,18-19H,6-10H2,1H3. The maximum Gasteiger partial charge on any atom is 0.254 e. The summed E-state index contributed by atoms with van der Waals surface area (Å²) in [6, 6.07) is 3.95. The molecule has 0 saturated heterocycles. The van der Waals surface area contributed by atoms with Crippen molar-refractivity contribution in [1.29, 1.82) is 0 Å². The van der Waals surface area contributed by atoms with Crippen LogP contribution in [0.4, 0.5) is 4.39 Å². The zero-order valence-electron chi connectivity index (χ0n) is 11.8. The summed E-state index contributed by atoms with van der Waals surface area (Å²) in [5, 5.41) is 17.6. The van der Waals surface area contributed by atoms with Crippen molar-refractivity contribution in [2.75, 3.05) is 40.0 Å². The number of aliphatic hydroxyl groups excluding tert-OH is 2. The minimum absolute atomic E-state index is 0.117. The van der Waals surface area contributed by atoms with Crippen LogP contribution in [0.3, 0.4) is 0 Å². The van der Waals surface area contributed by atoms with E-state index in [2.05, 4.69) is 11.8 Å². The number of aliphatic hydroxyl groups is 2. The van der Waals surface area contributed by atoms with Crippen LogP contribution in [0.2, 0.25) is 0 Å². The number of hydrogen-bond acceptors (Lipinski definition) is 4. The van der Waals surface area contributed by atoms with Gasteiger partial charge in [0.25, 0.3) is 5.91 Å². The topological polar surface area (TPSA) is 70.0 Å². The van der Waals surface area contributed by atoms with Gasteiger partial charge in [0, 0.05) is 25.8 Å². The molecule has 0 bridgehead atoms. The summed E-state index contributed by atoms with van der Waals surface area (Å²) in [6.45, 7) is 0.243. The molecular formula is C15H18FNO4. The first-order chi connectivity index (χ1) is 10.1. The first-order valence-corrected chi connectivity index (χ1v) is 6.42. The molecule has 0 fully saturated rings. The molecule has 0 aliphatic heterocycles. The Morgan fingerprint density at radius 2 is 2.14 bits per heavy atom. The fourth-order valence-corrected chi connectivity index (χ4v) is 1.70. The van der Waals surface area contributed by atoms with Crippen LogP contribution in [0.25, 0.3) is 0 Å². The molecule has 21 heavy (non-hydrogen) atoms. The second-order valence-corrected chi connectivity index (χ2v) is 4.16. The average molecular weight is 295 g/mol. The van der Waals surface area contributed by atoms with E-state index in [4.69, 9.17) is 14.9 Å². The molecule has 1 aromatic rings. The van der Waals surface area contributed by atoms with Gasteiger partial charge in [-0.3, -0.25) is 4.79 Å². The number of rotatable bonds is 6. The number of methoxy groups -OCH3 is 1. The number of nitrogens with zero attached hydrogens (tertiary/aromatic N) is 1. The zero-order valence-corrected chi connectivity index (χ0v) is 11.8. The first-order valence-electron chi connectivity index (χ1n) is 6.42. The molecule has 0 atom stereocenters. The van der Waals surface area contributed by atoms with Crippen LogP contribution >= 0.6 is 0 Å². The summed E-state index contributed by atoms with van der Waals surface area (Å²) < 4.78 is 18.7. The second-order valence-electron chi connectivity index (χ2n) is 4.16. The summed E-state index contributed by atoms with van der Waals surface area (Å²) in [5.74, 6) is 3.79. The molecule has 0 saturated carbocycles. The van der Waals surface area contributed by atoms with Gasteiger partial charge in [-0.2, -0.15) is 0 Å². The molecule has 114 valence electrons. The third kappa shape index (κ3) is 5.16. The highest BCUT2D eigenvalue weighted by molar-refractivity contribution is 5.94. The predicted molar refractivity (Wildman–Crippen MR) is 75.2 cm³/mol. The van der Waals surface area contributed by atoms with Crippen molar-refractivity contribution >= 4 is 5.91 Å². The number of hydrogen-bond donors (Lipinski definition) is 2. The maximum atomic E-state index is 13.8. The van der Waals surface area contributed by atoms with E-state index in [9.17, 15) is 9.18 Å². The van der Waals surface area contributed by atoms with Crippen molar-refractivity contribution in [3.8, 4) is 11.8 Å². The van der Waals surface area contributed by atoms with Gasteiger partial charge in [0.05, 0.1) is 18.8 Å². The van der Waals surface area contributed by atoms with Gasteiger partial charge < -0.3 is 19.8 Å². The van der Waals surface area contributed by atoms with E-state index in [0.717, 1.165) is 6.07 Å². The molecule has 0 radical (unpaired) electrons. The van der Waals surface area contributed by atoms with E-state index in [-0.39, 0.29) is 36.8 Å². The lowest BCUT2D eigenvalue weighted by molar-refractivity contribution is 0.0656. The first kappa shape index (κ1) is 17.1. The van der Waals surface area contributed by atoms with E-state index in [1.807, 2.05) is 0 Å². The Morgan fingerprint density at radius 1 is 1.38 bits per heavy atom. The third-order valence-corrected chi connectivity index (χ3v) is 2.74. The van der Waals surface area contributed by atoms with Crippen molar-refractivity contribution < 1.29 is 24.1 Å². The van der Waals surface area contributed by atoms with Gasteiger partial charge in [-0.1, -0.05) is 11.8 Å². The average Bonchev–Trinajstić information content (AvgIpc) is 2.49. The summed E-state index contributed by atoms with van der Waals surface area (Å²) in [6.07, 6.45) is 0. The lowest BCUT2D eigenvalue weighted by Gasteiger charge is -2.21. The van der Waals surface area contributed by atoms with Gasteiger partial charge >= 0.3 is 0 Å². The van der Waals surface area contributed by atoms with E-state index in [1.165, 1.54) is 24.1 Å². The van der Waals surface area contributed by atoms with Crippen molar-refractivity contribution in [2.24, 2.45) is 0 Å². The number of benzene rings is 1. The number of ether oxygens (including phenoxy) is 1. The highest BCUT2D eigenvalue weighted by Gasteiger charge is 2.16. The van der Waals surface area contributed by atoms with Crippen LogP contribution in [0.1, 0.15) is 15.9 Å². The fraction of sp³-hybridized carbons (Fsp3) is 0.400. The van der Waals surface area contributed by atoms with Crippen molar-refractivity contribution in [2.45, 2.75) is 0 Å². The van der Waals surface area contributed by atoms with Crippen LogP contribution in [0.5, 0.6) is 0 Å². The molecule has 0 heterocycles. The molecule has 6 heteroatoms. The zero-order chi connectivity index (χ0) is 15.7. The highest BCUT2D eigenvalue weighted by Crippen LogP contribution is 2.12. The van der Waals surface area contributed by atoms with Crippen molar-refractivity contribution in [1.82, 2.24) is 4.90 Å². The Hall–Kier alpha value is -1.94. The molecule has 5 nitrogen and oxygen atoms in total. The Labute approximate surface area is 123 Å². The maximum absolute atomic E-state index is 13.8. The predicted octanol–water partition coefficient (Wildman–Crippen LogP) is 0.250. The number of carbonyl (C=O) groups excluding carboxylic acids is 1. The normalized spacial score (nSPS) is 9.90. The number of amides is 1. The molecule has 0 spiro atoms. The van der Waals surface area contributed by atoms with Crippen LogP contribution in [-0.2, 0) is 4.74 Å². The lowest BCUT2D eigenvalue weighted by Crippen LogP contribution is -2.36. The van der Waals surface area contributed by atoms with Gasteiger partial charge in [-0.25, -0.2) is 4.39 Å². The number of halogens is 1. The van der Waals surface area contributed by atoms with Gasteiger partial charge in [0.1, 0.15) is 12.4 Å². The molecule has 0 unspecified atom stereocenters. The van der Waals surface area contributed by atoms with Gasteiger partial charge in [-0.05, 0) is 18.2 Å². The Balaban J connectivity index is 2.92. The summed E-state index contributed by atoms with van der Waals surface area (Å²) >= 11 is 0.